The van der Waals surface area contributed by atoms with Gasteiger partial charge in [0.15, 0.2) is 0 Å². The van der Waals surface area contributed by atoms with Crippen LogP contribution >= 0.6 is 0 Å². The third-order valence-electron chi connectivity index (χ3n) is 6.00. The Balaban J connectivity index is 1.70. The zero-order chi connectivity index (χ0) is 14.4. The Morgan fingerprint density at radius 2 is 2.20 bits per heavy atom. The van der Waals surface area contributed by atoms with Gasteiger partial charge in [-0.1, -0.05) is 27.7 Å². The first kappa shape index (κ1) is 14.1. The highest BCUT2D eigenvalue weighted by molar-refractivity contribution is 5.13. The Kier molecular flexibility index (Phi) is 3.44. The maximum absolute atomic E-state index is 4.43. The molecule has 2 saturated carbocycles. The van der Waals surface area contributed by atoms with E-state index < -0.39 is 0 Å². The average Bonchev–Trinajstić information content (AvgIpc) is 3.01. The summed E-state index contributed by atoms with van der Waals surface area (Å²) in [5.74, 6) is 0.908. The molecule has 2 fully saturated rings. The topological polar surface area (TPSA) is 29.9 Å². The molecule has 1 aromatic rings. The number of hydrogen-bond acceptors (Lipinski definition) is 2. The summed E-state index contributed by atoms with van der Waals surface area (Å²) in [7, 11) is 0. The highest BCUT2D eigenvalue weighted by atomic mass is 15.3. The van der Waals surface area contributed by atoms with Crippen LogP contribution in [0.2, 0.25) is 0 Å². The second-order valence-electron chi connectivity index (χ2n) is 7.77. The molecule has 1 aromatic heterocycles. The van der Waals surface area contributed by atoms with Crippen LogP contribution in [0.1, 0.15) is 59.1 Å². The predicted octanol–water partition coefficient (Wildman–Crippen LogP) is 3.60. The Bertz CT molecular complexity index is 472. The van der Waals surface area contributed by atoms with Crippen molar-refractivity contribution in [3.8, 4) is 0 Å². The number of nitrogens with one attached hydrogen (secondary N) is 1. The second-order valence-corrected chi connectivity index (χ2v) is 7.77. The highest BCUT2D eigenvalue weighted by Gasteiger charge is 2.58. The van der Waals surface area contributed by atoms with Crippen molar-refractivity contribution in [2.75, 3.05) is 0 Å². The van der Waals surface area contributed by atoms with Crippen LogP contribution in [0.3, 0.4) is 0 Å². The van der Waals surface area contributed by atoms with Gasteiger partial charge >= 0.3 is 0 Å². The van der Waals surface area contributed by atoms with Crippen molar-refractivity contribution in [1.82, 2.24) is 15.1 Å². The van der Waals surface area contributed by atoms with Gasteiger partial charge in [-0.15, -0.1) is 0 Å². The first-order valence-corrected chi connectivity index (χ1v) is 8.21. The van der Waals surface area contributed by atoms with Crippen molar-refractivity contribution >= 4 is 0 Å². The van der Waals surface area contributed by atoms with E-state index in [4.69, 9.17) is 0 Å². The maximum Gasteiger partial charge on any atom is 0.0522 e. The molecule has 3 unspecified atom stereocenters. The summed E-state index contributed by atoms with van der Waals surface area (Å²) in [4.78, 5) is 0. The van der Waals surface area contributed by atoms with Crippen LogP contribution < -0.4 is 5.32 Å². The molecule has 2 bridgehead atoms. The molecule has 0 aromatic carbocycles. The van der Waals surface area contributed by atoms with Gasteiger partial charge in [-0.3, -0.25) is 4.68 Å². The summed E-state index contributed by atoms with van der Waals surface area (Å²) in [6.07, 6.45) is 7.30. The molecule has 0 spiro atoms. The number of aromatic nitrogens is 2. The lowest BCUT2D eigenvalue weighted by atomic mass is 9.68. The number of hydrogen-bond donors (Lipinski definition) is 1. The average molecular weight is 275 g/mol. The number of nitrogens with zero attached hydrogens (tertiary/aromatic N) is 2. The molecular weight excluding hydrogens is 246 g/mol. The van der Waals surface area contributed by atoms with Gasteiger partial charge in [-0.05, 0) is 48.5 Å². The maximum atomic E-state index is 4.43. The van der Waals surface area contributed by atoms with Gasteiger partial charge < -0.3 is 5.32 Å². The number of aryl methyl sites for hydroxylation is 1. The zero-order valence-corrected chi connectivity index (χ0v) is 13.4. The molecule has 0 aliphatic heterocycles. The molecule has 3 nitrogen and oxygen atoms in total. The van der Waals surface area contributed by atoms with Gasteiger partial charge in [-0.25, -0.2) is 0 Å². The molecule has 0 radical (unpaired) electrons. The fourth-order valence-corrected chi connectivity index (χ4v) is 4.94. The lowest BCUT2D eigenvalue weighted by Gasteiger charge is -2.43. The largest absolute Gasteiger partial charge is 0.307 e. The van der Waals surface area contributed by atoms with Crippen molar-refractivity contribution in [3.63, 3.8) is 0 Å². The van der Waals surface area contributed by atoms with Crippen LogP contribution in [0, 0.1) is 16.7 Å². The van der Waals surface area contributed by atoms with Crippen molar-refractivity contribution in [1.29, 1.82) is 0 Å². The van der Waals surface area contributed by atoms with Crippen LogP contribution in [0.25, 0.3) is 0 Å². The minimum Gasteiger partial charge on any atom is -0.307 e. The van der Waals surface area contributed by atoms with E-state index in [0.29, 0.717) is 16.9 Å². The highest BCUT2D eigenvalue weighted by Crippen LogP contribution is 2.62. The molecule has 20 heavy (non-hydrogen) atoms. The SMILES string of the molecule is CCCn1nccc1CNC1C2(C)CCC(C2)C1(C)C. The minimum atomic E-state index is 0.433. The van der Waals surface area contributed by atoms with E-state index in [-0.39, 0.29) is 0 Å². The Morgan fingerprint density at radius 3 is 2.85 bits per heavy atom. The first-order chi connectivity index (χ1) is 9.47. The Labute approximate surface area is 123 Å². The summed E-state index contributed by atoms with van der Waals surface area (Å²) in [6.45, 7) is 11.6. The summed E-state index contributed by atoms with van der Waals surface area (Å²) < 4.78 is 2.15. The van der Waals surface area contributed by atoms with Gasteiger partial charge in [0.2, 0.25) is 0 Å². The van der Waals surface area contributed by atoms with E-state index >= 15 is 0 Å². The van der Waals surface area contributed by atoms with Crippen LogP contribution in [-0.2, 0) is 13.1 Å². The van der Waals surface area contributed by atoms with Crippen molar-refractivity contribution in [2.24, 2.45) is 16.7 Å². The molecular formula is C17H29N3. The summed E-state index contributed by atoms with van der Waals surface area (Å²) >= 11 is 0. The summed E-state index contributed by atoms with van der Waals surface area (Å²) in [5, 5.41) is 8.31. The molecule has 2 aliphatic carbocycles. The fraction of sp³-hybridized carbons (Fsp3) is 0.824. The summed E-state index contributed by atoms with van der Waals surface area (Å²) in [6, 6.07) is 2.80. The predicted molar refractivity (Wildman–Crippen MR) is 82.4 cm³/mol. The monoisotopic (exact) mass is 275 g/mol. The lowest BCUT2D eigenvalue weighted by Crippen LogP contribution is -2.50. The standard InChI is InChI=1S/C17H29N3/c1-5-10-20-14(7-9-19-20)12-18-15-16(2,3)13-6-8-17(15,4)11-13/h7,9,13,15,18H,5-6,8,10-12H2,1-4H3. The minimum absolute atomic E-state index is 0.433. The molecule has 1 heterocycles. The van der Waals surface area contributed by atoms with Gasteiger partial charge in [0.1, 0.15) is 0 Å². The van der Waals surface area contributed by atoms with E-state index in [1.807, 2.05) is 6.20 Å². The van der Waals surface area contributed by atoms with Crippen molar-refractivity contribution in [2.45, 2.75) is 72.5 Å². The van der Waals surface area contributed by atoms with Crippen LogP contribution in [0.4, 0.5) is 0 Å². The summed E-state index contributed by atoms with van der Waals surface area (Å²) in [5.41, 5.74) is 2.26. The van der Waals surface area contributed by atoms with E-state index in [1.165, 1.54) is 25.0 Å². The molecule has 3 atom stereocenters. The van der Waals surface area contributed by atoms with Crippen LogP contribution in [-0.4, -0.2) is 15.8 Å². The quantitative estimate of drug-likeness (QED) is 0.890. The van der Waals surface area contributed by atoms with Crippen molar-refractivity contribution < 1.29 is 0 Å². The third kappa shape index (κ3) is 2.11. The van der Waals surface area contributed by atoms with Gasteiger partial charge in [0.05, 0.1) is 5.69 Å². The number of fused-ring (bicyclic) bond motifs is 2. The molecule has 0 saturated heterocycles. The molecule has 0 amide bonds. The Hall–Kier alpha value is -0.830. The normalized spacial score (nSPS) is 34.8. The lowest BCUT2D eigenvalue weighted by molar-refractivity contribution is 0.107. The van der Waals surface area contributed by atoms with Crippen molar-refractivity contribution in [3.05, 3.63) is 18.0 Å². The third-order valence-corrected chi connectivity index (χ3v) is 6.00. The fourth-order valence-electron chi connectivity index (χ4n) is 4.94. The molecule has 3 heteroatoms. The van der Waals surface area contributed by atoms with Crippen LogP contribution in [0.15, 0.2) is 12.3 Å². The van der Waals surface area contributed by atoms with Gasteiger partial charge in [0.25, 0.3) is 0 Å². The molecule has 2 aliphatic rings. The van der Waals surface area contributed by atoms with E-state index in [1.54, 1.807) is 0 Å². The number of rotatable bonds is 5. The van der Waals surface area contributed by atoms with E-state index in [9.17, 15) is 0 Å². The smallest absolute Gasteiger partial charge is 0.0522 e. The van der Waals surface area contributed by atoms with Crippen LogP contribution in [0.5, 0.6) is 0 Å². The first-order valence-electron chi connectivity index (χ1n) is 8.21. The van der Waals surface area contributed by atoms with Gasteiger partial charge in [-0.2, -0.15) is 5.10 Å². The zero-order valence-electron chi connectivity index (χ0n) is 13.4. The van der Waals surface area contributed by atoms with E-state index in [2.05, 4.69) is 48.9 Å². The molecule has 3 rings (SSSR count). The van der Waals surface area contributed by atoms with E-state index in [0.717, 1.165) is 25.4 Å². The second kappa shape index (κ2) is 4.87. The molecule has 112 valence electrons. The van der Waals surface area contributed by atoms with Gasteiger partial charge in [0, 0.05) is 25.3 Å². The Morgan fingerprint density at radius 1 is 1.40 bits per heavy atom. The molecule has 1 N–H and O–H groups in total.